The van der Waals surface area contributed by atoms with Crippen LogP contribution in [0, 0.1) is 13.8 Å². The van der Waals surface area contributed by atoms with Crippen molar-refractivity contribution in [3.8, 4) is 0 Å². The summed E-state index contributed by atoms with van der Waals surface area (Å²) in [5.74, 6) is 0. The van der Waals surface area contributed by atoms with E-state index >= 15 is 0 Å². The van der Waals surface area contributed by atoms with Gasteiger partial charge in [-0.1, -0.05) is 18.9 Å². The van der Waals surface area contributed by atoms with Crippen molar-refractivity contribution >= 4 is 5.69 Å². The molecular formula is C15H23NO. The molecule has 0 amide bonds. The number of nitrogens with one attached hydrogen (secondary N) is 1. The molecule has 0 unspecified atom stereocenters. The predicted octanol–water partition coefficient (Wildman–Crippen LogP) is 3.67. The first-order valence-electron chi connectivity index (χ1n) is 6.57. The summed E-state index contributed by atoms with van der Waals surface area (Å²) in [7, 11) is 1.82. The van der Waals surface area contributed by atoms with Crippen LogP contribution in [0.3, 0.4) is 0 Å². The lowest BCUT2D eigenvalue weighted by Gasteiger charge is -2.32. The second kappa shape index (κ2) is 5.54. The van der Waals surface area contributed by atoms with Crippen molar-refractivity contribution in [1.29, 1.82) is 0 Å². The SMILES string of the molecule is CO[C@H]1CCCC[C@H]1Nc1ccc(C)c(C)c1. The van der Waals surface area contributed by atoms with E-state index in [0.29, 0.717) is 12.1 Å². The minimum Gasteiger partial charge on any atom is -0.380 e. The maximum atomic E-state index is 5.57. The summed E-state index contributed by atoms with van der Waals surface area (Å²) >= 11 is 0. The van der Waals surface area contributed by atoms with E-state index in [2.05, 4.69) is 37.4 Å². The van der Waals surface area contributed by atoms with Gasteiger partial charge in [0.05, 0.1) is 12.1 Å². The second-order valence-corrected chi connectivity index (χ2v) is 5.11. The molecule has 0 saturated heterocycles. The van der Waals surface area contributed by atoms with Gasteiger partial charge in [0.1, 0.15) is 0 Å². The van der Waals surface area contributed by atoms with Crippen molar-refractivity contribution in [1.82, 2.24) is 0 Å². The average molecular weight is 233 g/mol. The van der Waals surface area contributed by atoms with Crippen LogP contribution >= 0.6 is 0 Å². The third-order valence-corrected chi connectivity index (χ3v) is 3.86. The number of benzene rings is 1. The number of anilines is 1. The highest BCUT2D eigenvalue weighted by molar-refractivity contribution is 5.49. The monoisotopic (exact) mass is 233 g/mol. The van der Waals surface area contributed by atoms with Gasteiger partial charge in [0.2, 0.25) is 0 Å². The Morgan fingerprint density at radius 1 is 1.12 bits per heavy atom. The van der Waals surface area contributed by atoms with Crippen LogP contribution in [0.25, 0.3) is 0 Å². The van der Waals surface area contributed by atoms with Gasteiger partial charge in [-0.3, -0.25) is 0 Å². The van der Waals surface area contributed by atoms with Crippen LogP contribution in [0.5, 0.6) is 0 Å². The standard InChI is InChI=1S/C15H23NO/c1-11-8-9-13(10-12(11)2)16-14-6-4-5-7-15(14)17-3/h8-10,14-16H,4-7H2,1-3H3/t14-,15+/m1/s1. The van der Waals surface area contributed by atoms with Gasteiger partial charge in [0, 0.05) is 12.8 Å². The van der Waals surface area contributed by atoms with Crippen molar-refractivity contribution in [2.24, 2.45) is 0 Å². The van der Waals surface area contributed by atoms with Crippen molar-refractivity contribution in [3.63, 3.8) is 0 Å². The van der Waals surface area contributed by atoms with E-state index in [1.165, 1.54) is 42.5 Å². The number of aryl methyl sites for hydroxylation is 2. The molecule has 17 heavy (non-hydrogen) atoms. The average Bonchev–Trinajstić information content (AvgIpc) is 2.34. The van der Waals surface area contributed by atoms with Crippen molar-refractivity contribution < 1.29 is 4.74 Å². The van der Waals surface area contributed by atoms with Crippen LogP contribution < -0.4 is 5.32 Å². The zero-order valence-corrected chi connectivity index (χ0v) is 11.1. The number of ether oxygens (including phenoxy) is 1. The number of hydrogen-bond acceptors (Lipinski definition) is 2. The van der Waals surface area contributed by atoms with Crippen LogP contribution in [0.15, 0.2) is 18.2 Å². The summed E-state index contributed by atoms with van der Waals surface area (Å²) in [6.45, 7) is 4.31. The quantitative estimate of drug-likeness (QED) is 0.860. The molecule has 1 saturated carbocycles. The Bertz CT molecular complexity index is 375. The van der Waals surface area contributed by atoms with Crippen LogP contribution in [0.2, 0.25) is 0 Å². The lowest BCUT2D eigenvalue weighted by atomic mass is 9.92. The zero-order valence-electron chi connectivity index (χ0n) is 11.1. The third-order valence-electron chi connectivity index (χ3n) is 3.86. The number of rotatable bonds is 3. The van der Waals surface area contributed by atoms with Gasteiger partial charge in [-0.05, 0) is 49.9 Å². The maximum Gasteiger partial charge on any atom is 0.0772 e. The number of hydrogen-bond donors (Lipinski definition) is 1. The Balaban J connectivity index is 2.05. The Hall–Kier alpha value is -1.02. The molecule has 94 valence electrons. The molecule has 0 radical (unpaired) electrons. The second-order valence-electron chi connectivity index (χ2n) is 5.11. The molecule has 1 aliphatic rings. The smallest absolute Gasteiger partial charge is 0.0772 e. The van der Waals surface area contributed by atoms with Crippen molar-refractivity contribution in [2.45, 2.75) is 51.7 Å². The topological polar surface area (TPSA) is 21.3 Å². The molecule has 0 spiro atoms. The van der Waals surface area contributed by atoms with Crippen LogP contribution in [-0.2, 0) is 4.74 Å². The molecule has 1 aromatic rings. The minimum absolute atomic E-state index is 0.366. The largest absolute Gasteiger partial charge is 0.380 e. The van der Waals surface area contributed by atoms with Crippen LogP contribution in [0.4, 0.5) is 5.69 Å². The molecule has 0 aliphatic heterocycles. The molecule has 0 aromatic heterocycles. The Kier molecular flexibility index (Phi) is 4.06. The van der Waals surface area contributed by atoms with E-state index in [4.69, 9.17) is 4.74 Å². The Morgan fingerprint density at radius 2 is 1.88 bits per heavy atom. The highest BCUT2D eigenvalue weighted by Gasteiger charge is 2.24. The first-order chi connectivity index (χ1) is 8.20. The maximum absolute atomic E-state index is 5.57. The third kappa shape index (κ3) is 3.01. The highest BCUT2D eigenvalue weighted by Crippen LogP contribution is 2.25. The fourth-order valence-electron chi connectivity index (χ4n) is 2.59. The molecule has 1 aliphatic carbocycles. The van der Waals surface area contributed by atoms with Gasteiger partial charge in [0.25, 0.3) is 0 Å². The number of methoxy groups -OCH3 is 1. The molecule has 0 bridgehead atoms. The van der Waals surface area contributed by atoms with E-state index in [9.17, 15) is 0 Å². The first-order valence-corrected chi connectivity index (χ1v) is 6.57. The van der Waals surface area contributed by atoms with E-state index in [0.717, 1.165) is 0 Å². The van der Waals surface area contributed by atoms with Gasteiger partial charge in [-0.2, -0.15) is 0 Å². The zero-order chi connectivity index (χ0) is 12.3. The van der Waals surface area contributed by atoms with Gasteiger partial charge in [-0.25, -0.2) is 0 Å². The van der Waals surface area contributed by atoms with Crippen LogP contribution in [-0.4, -0.2) is 19.3 Å². The van der Waals surface area contributed by atoms with Gasteiger partial charge in [0.15, 0.2) is 0 Å². The lowest BCUT2D eigenvalue weighted by molar-refractivity contribution is 0.0606. The lowest BCUT2D eigenvalue weighted by Crippen LogP contribution is -2.37. The molecule has 2 atom stereocenters. The molecule has 1 N–H and O–H groups in total. The minimum atomic E-state index is 0.366. The molecule has 2 heteroatoms. The summed E-state index contributed by atoms with van der Waals surface area (Å²) in [5.41, 5.74) is 3.92. The fourth-order valence-corrected chi connectivity index (χ4v) is 2.59. The van der Waals surface area contributed by atoms with E-state index < -0.39 is 0 Å². The summed E-state index contributed by atoms with van der Waals surface area (Å²) in [5, 5.41) is 3.62. The van der Waals surface area contributed by atoms with Crippen LogP contribution in [0.1, 0.15) is 36.8 Å². The van der Waals surface area contributed by atoms with E-state index in [1.807, 2.05) is 7.11 Å². The van der Waals surface area contributed by atoms with Gasteiger partial charge in [-0.15, -0.1) is 0 Å². The van der Waals surface area contributed by atoms with Gasteiger partial charge >= 0.3 is 0 Å². The van der Waals surface area contributed by atoms with E-state index in [1.54, 1.807) is 0 Å². The Labute approximate surface area is 104 Å². The molecule has 2 rings (SSSR count). The molecule has 1 aromatic carbocycles. The van der Waals surface area contributed by atoms with Crippen molar-refractivity contribution in [2.75, 3.05) is 12.4 Å². The summed E-state index contributed by atoms with van der Waals surface area (Å²) < 4.78 is 5.57. The summed E-state index contributed by atoms with van der Waals surface area (Å²) in [6.07, 6.45) is 5.36. The normalized spacial score (nSPS) is 24.6. The fraction of sp³-hybridized carbons (Fsp3) is 0.600. The van der Waals surface area contributed by atoms with Gasteiger partial charge < -0.3 is 10.1 Å². The van der Waals surface area contributed by atoms with Crippen molar-refractivity contribution in [3.05, 3.63) is 29.3 Å². The Morgan fingerprint density at radius 3 is 2.59 bits per heavy atom. The molecular weight excluding hydrogens is 210 g/mol. The highest BCUT2D eigenvalue weighted by atomic mass is 16.5. The molecule has 2 nitrogen and oxygen atoms in total. The molecule has 1 fully saturated rings. The first kappa shape index (κ1) is 12.4. The summed E-state index contributed by atoms with van der Waals surface area (Å²) in [6, 6.07) is 7.05. The van der Waals surface area contributed by atoms with E-state index in [-0.39, 0.29) is 0 Å². The predicted molar refractivity (Wildman–Crippen MR) is 72.6 cm³/mol. The summed E-state index contributed by atoms with van der Waals surface area (Å²) in [4.78, 5) is 0. The molecule has 0 heterocycles.